The topological polar surface area (TPSA) is 138 Å². The lowest BCUT2D eigenvalue weighted by Crippen LogP contribution is -2.21. The van der Waals surface area contributed by atoms with Gasteiger partial charge in [-0.1, -0.05) is 36.3 Å². The summed E-state index contributed by atoms with van der Waals surface area (Å²) in [5.74, 6) is -2.68. The number of carboxylic acid groups (broad SMARTS) is 1. The number of halogens is 3. The van der Waals surface area contributed by atoms with Crippen LogP contribution in [0.4, 0.5) is 24.0 Å². The van der Waals surface area contributed by atoms with Crippen LogP contribution in [0.25, 0.3) is 10.4 Å². The van der Waals surface area contributed by atoms with E-state index >= 15 is 0 Å². The Morgan fingerprint density at radius 1 is 1.13 bits per heavy atom. The molecule has 38 heavy (non-hydrogen) atoms. The van der Waals surface area contributed by atoms with Gasteiger partial charge in [0, 0.05) is 12.1 Å². The molecule has 4 rings (SSSR count). The normalized spacial score (nSPS) is 13.9. The van der Waals surface area contributed by atoms with Gasteiger partial charge in [0.25, 0.3) is 10.0 Å². The van der Waals surface area contributed by atoms with Gasteiger partial charge < -0.3 is 10.4 Å². The van der Waals surface area contributed by atoms with Crippen molar-refractivity contribution in [1.82, 2.24) is 9.97 Å². The monoisotopic (exact) mass is 570 g/mol. The summed E-state index contributed by atoms with van der Waals surface area (Å²) in [6, 6.07) is 8.63. The van der Waals surface area contributed by atoms with E-state index in [9.17, 15) is 26.4 Å². The van der Waals surface area contributed by atoms with Crippen molar-refractivity contribution in [2.45, 2.75) is 50.6 Å². The van der Waals surface area contributed by atoms with Gasteiger partial charge in [0.1, 0.15) is 0 Å². The van der Waals surface area contributed by atoms with Crippen molar-refractivity contribution < 1.29 is 36.3 Å². The van der Waals surface area contributed by atoms with Gasteiger partial charge in [-0.05, 0) is 56.0 Å². The van der Waals surface area contributed by atoms with Crippen molar-refractivity contribution in [2.75, 3.05) is 10.0 Å². The number of alkyl halides is 3. The van der Waals surface area contributed by atoms with Crippen molar-refractivity contribution in [3.8, 4) is 10.4 Å². The fourth-order valence-electron chi connectivity index (χ4n) is 3.78. The highest BCUT2D eigenvalue weighted by Crippen LogP contribution is 2.35. The number of aliphatic carboxylic acids is 1. The first-order valence-electron chi connectivity index (χ1n) is 11.4. The fourth-order valence-corrected chi connectivity index (χ4v) is 6.06. The molecule has 0 aliphatic heterocycles. The molecule has 9 nitrogen and oxygen atoms in total. The predicted octanol–water partition coefficient (Wildman–Crippen LogP) is 5.38. The number of aromatic nitrogens is 2. The quantitative estimate of drug-likeness (QED) is 0.361. The number of carbonyl (C=O) groups is 2. The summed E-state index contributed by atoms with van der Waals surface area (Å²) >= 11 is 1.36. The van der Waals surface area contributed by atoms with Crippen LogP contribution in [0.15, 0.2) is 47.6 Å². The third kappa shape index (κ3) is 7.51. The van der Waals surface area contributed by atoms with Gasteiger partial charge in [-0.2, -0.15) is 13.2 Å². The average molecular weight is 571 g/mol. The SMILES string of the molecule is Cc1ccc(-c2sc(NC(=O)C3CCCC3)nc2C)cc1S(=O)(=O)Nc1cccnc1.O=C(O)C(F)(F)F. The van der Waals surface area contributed by atoms with Crippen LogP contribution in [-0.2, 0) is 19.6 Å². The molecule has 0 spiro atoms. The molecule has 1 fully saturated rings. The number of sulfonamides is 1. The molecule has 14 heteroatoms. The van der Waals surface area contributed by atoms with E-state index in [2.05, 4.69) is 20.0 Å². The number of hydrogen-bond donors (Lipinski definition) is 3. The maximum absolute atomic E-state index is 13.0. The molecule has 0 unspecified atom stereocenters. The Labute approximate surface area is 221 Å². The van der Waals surface area contributed by atoms with Gasteiger partial charge in [-0.25, -0.2) is 18.2 Å². The number of hydrogen-bond acceptors (Lipinski definition) is 7. The van der Waals surface area contributed by atoms with Crippen LogP contribution in [-0.4, -0.2) is 41.5 Å². The Balaban J connectivity index is 0.000000505. The van der Waals surface area contributed by atoms with E-state index in [1.165, 1.54) is 17.5 Å². The van der Waals surface area contributed by atoms with Gasteiger partial charge in [-0.3, -0.25) is 14.5 Å². The molecule has 0 atom stereocenters. The van der Waals surface area contributed by atoms with Crippen LogP contribution in [0.5, 0.6) is 0 Å². The van der Waals surface area contributed by atoms with Crippen molar-refractivity contribution in [1.29, 1.82) is 0 Å². The Morgan fingerprint density at radius 3 is 2.37 bits per heavy atom. The Kier molecular flexibility index (Phi) is 9.09. The first-order chi connectivity index (χ1) is 17.8. The van der Waals surface area contributed by atoms with Gasteiger partial charge in [0.2, 0.25) is 5.91 Å². The number of carbonyl (C=O) groups excluding carboxylic acids is 1. The van der Waals surface area contributed by atoms with Crippen molar-refractivity contribution in [3.05, 3.63) is 54.0 Å². The average Bonchev–Trinajstić information content (AvgIpc) is 3.50. The number of carboxylic acids is 1. The predicted molar refractivity (Wildman–Crippen MR) is 136 cm³/mol. The number of rotatable bonds is 6. The fraction of sp³-hybridized carbons (Fsp3) is 0.333. The third-order valence-electron chi connectivity index (χ3n) is 5.65. The maximum Gasteiger partial charge on any atom is 0.490 e. The minimum absolute atomic E-state index is 0.0191. The molecule has 204 valence electrons. The molecular formula is C24H25F3N4O5S2. The van der Waals surface area contributed by atoms with Crippen LogP contribution in [0.3, 0.4) is 0 Å². The Bertz CT molecular complexity index is 1400. The molecule has 1 aliphatic rings. The zero-order valence-electron chi connectivity index (χ0n) is 20.4. The summed E-state index contributed by atoms with van der Waals surface area (Å²) in [5.41, 5.74) is 2.53. The second-order valence-electron chi connectivity index (χ2n) is 8.53. The molecular weight excluding hydrogens is 545 g/mol. The minimum Gasteiger partial charge on any atom is -0.475 e. The van der Waals surface area contributed by atoms with E-state index in [1.807, 2.05) is 13.0 Å². The second-order valence-corrected chi connectivity index (χ2v) is 11.2. The molecule has 2 aromatic heterocycles. The summed E-state index contributed by atoms with van der Waals surface area (Å²) < 4.78 is 60.3. The highest BCUT2D eigenvalue weighted by molar-refractivity contribution is 7.92. The number of pyridine rings is 1. The van der Waals surface area contributed by atoms with E-state index in [-0.39, 0.29) is 16.7 Å². The lowest BCUT2D eigenvalue weighted by molar-refractivity contribution is -0.192. The number of aryl methyl sites for hydroxylation is 2. The summed E-state index contributed by atoms with van der Waals surface area (Å²) in [4.78, 5) is 30.8. The van der Waals surface area contributed by atoms with Gasteiger partial charge in [-0.15, -0.1) is 0 Å². The summed E-state index contributed by atoms with van der Waals surface area (Å²) in [6.07, 6.45) is 1.99. The second kappa shape index (κ2) is 11.9. The number of nitrogens with zero attached hydrogens (tertiary/aromatic N) is 2. The van der Waals surface area contributed by atoms with Crippen LogP contribution in [0.2, 0.25) is 0 Å². The molecule has 3 aromatic rings. The van der Waals surface area contributed by atoms with E-state index < -0.39 is 22.2 Å². The number of nitrogens with one attached hydrogen (secondary N) is 2. The van der Waals surface area contributed by atoms with Crippen LogP contribution < -0.4 is 10.0 Å². The molecule has 1 saturated carbocycles. The first kappa shape index (κ1) is 29.0. The molecule has 0 saturated heterocycles. The van der Waals surface area contributed by atoms with Gasteiger partial charge >= 0.3 is 12.1 Å². The Hall–Kier alpha value is -3.52. The van der Waals surface area contributed by atoms with Crippen LogP contribution >= 0.6 is 11.3 Å². The van der Waals surface area contributed by atoms with Gasteiger partial charge in [0.15, 0.2) is 5.13 Å². The number of thiazole rings is 1. The minimum atomic E-state index is -5.08. The molecule has 0 radical (unpaired) electrons. The van der Waals surface area contributed by atoms with E-state index in [1.54, 1.807) is 37.4 Å². The van der Waals surface area contributed by atoms with Crippen molar-refractivity contribution in [2.24, 2.45) is 5.92 Å². The zero-order valence-corrected chi connectivity index (χ0v) is 22.0. The summed E-state index contributed by atoms with van der Waals surface area (Å²) in [6.45, 7) is 3.62. The van der Waals surface area contributed by atoms with E-state index in [0.29, 0.717) is 16.4 Å². The molecule has 2 heterocycles. The largest absolute Gasteiger partial charge is 0.490 e. The lowest BCUT2D eigenvalue weighted by atomic mass is 10.1. The summed E-state index contributed by atoms with van der Waals surface area (Å²) in [5, 5.41) is 10.6. The van der Waals surface area contributed by atoms with E-state index in [0.717, 1.165) is 41.8 Å². The molecule has 1 amide bonds. The number of anilines is 2. The highest BCUT2D eigenvalue weighted by Gasteiger charge is 2.38. The first-order valence-corrected chi connectivity index (χ1v) is 13.7. The maximum atomic E-state index is 13.0. The van der Waals surface area contributed by atoms with E-state index in [4.69, 9.17) is 9.90 Å². The summed E-state index contributed by atoms with van der Waals surface area (Å²) in [7, 11) is -3.79. The Morgan fingerprint density at radius 2 is 1.79 bits per heavy atom. The smallest absolute Gasteiger partial charge is 0.475 e. The molecule has 1 aromatic carbocycles. The van der Waals surface area contributed by atoms with Crippen molar-refractivity contribution >= 4 is 44.1 Å². The molecule has 1 aliphatic carbocycles. The standard InChI is InChI=1S/C22H24N4O3S2.C2HF3O2/c1-14-9-10-17(12-19(14)31(28,29)26-18-8-5-11-23-13-18)20-15(2)24-22(30-20)25-21(27)16-6-3-4-7-16;3-2(4,5)1(6)7/h5,8-13,16,26H,3-4,6-7H2,1-2H3,(H,24,25,27);(H,6,7). The highest BCUT2D eigenvalue weighted by atomic mass is 32.2. The molecule has 0 bridgehead atoms. The lowest BCUT2D eigenvalue weighted by Gasteiger charge is -2.11. The van der Waals surface area contributed by atoms with Gasteiger partial charge in [0.05, 0.1) is 27.4 Å². The third-order valence-corrected chi connectivity index (χ3v) is 8.29. The molecule has 3 N–H and O–H groups in total. The number of amides is 1. The van der Waals surface area contributed by atoms with Crippen LogP contribution in [0.1, 0.15) is 36.9 Å². The van der Waals surface area contributed by atoms with Crippen LogP contribution in [0, 0.1) is 19.8 Å². The number of benzene rings is 1. The zero-order chi connectivity index (χ0) is 28.1. The van der Waals surface area contributed by atoms with Crippen molar-refractivity contribution in [3.63, 3.8) is 0 Å².